The molecule has 16 heteroatoms. The van der Waals surface area contributed by atoms with Crippen molar-refractivity contribution in [1.29, 1.82) is 0 Å². The lowest BCUT2D eigenvalue weighted by atomic mass is 9.85. The molecule has 7 rings (SSSR count). The molecule has 1 aliphatic heterocycles. The summed E-state index contributed by atoms with van der Waals surface area (Å²) >= 11 is 0. The van der Waals surface area contributed by atoms with Crippen LogP contribution in [0.2, 0.25) is 0 Å². The Kier molecular flexibility index (Phi) is 9.69. The predicted octanol–water partition coefficient (Wildman–Crippen LogP) is 5.54. The number of carbonyl (C=O) groups excluding carboxylic acids is 1. The van der Waals surface area contributed by atoms with Gasteiger partial charge < -0.3 is 15.0 Å². The number of anilines is 2. The fourth-order valence-electron chi connectivity index (χ4n) is 6.92. The number of fused-ring (bicyclic) bond motifs is 2. The summed E-state index contributed by atoms with van der Waals surface area (Å²) in [4.78, 5) is 16.0. The molecule has 5 heterocycles. The van der Waals surface area contributed by atoms with Crippen LogP contribution in [0.3, 0.4) is 0 Å². The van der Waals surface area contributed by atoms with Gasteiger partial charge in [-0.1, -0.05) is 45.0 Å². The molecule has 3 atom stereocenters. The summed E-state index contributed by atoms with van der Waals surface area (Å²) in [6.07, 6.45) is 11.0. The van der Waals surface area contributed by atoms with Crippen LogP contribution in [0.1, 0.15) is 88.8 Å². The lowest BCUT2D eigenvalue weighted by Gasteiger charge is -2.33. The van der Waals surface area contributed by atoms with E-state index < -0.39 is 10.1 Å². The highest BCUT2D eigenvalue weighted by Crippen LogP contribution is 2.39. The minimum Gasteiger partial charge on any atom is -0.484 e. The van der Waals surface area contributed by atoms with Crippen LogP contribution in [0.5, 0.6) is 5.75 Å². The molecule has 15 nitrogen and oxygen atoms in total. The van der Waals surface area contributed by atoms with Crippen molar-refractivity contribution in [2.24, 2.45) is 0 Å². The van der Waals surface area contributed by atoms with Gasteiger partial charge in [0, 0.05) is 24.1 Å². The predicted molar refractivity (Wildman–Crippen MR) is 196 cm³/mol. The number of benzene rings is 1. The summed E-state index contributed by atoms with van der Waals surface area (Å²) in [5, 5.41) is 24.2. The number of ether oxygens (including phenoxy) is 1. The lowest BCUT2D eigenvalue weighted by molar-refractivity contribution is 0.171. The third-order valence-electron chi connectivity index (χ3n) is 9.64. The van der Waals surface area contributed by atoms with Crippen LogP contribution >= 0.6 is 0 Å². The monoisotopic (exact) mass is 730 g/mol. The van der Waals surface area contributed by atoms with Gasteiger partial charge in [0.05, 0.1) is 49.7 Å². The smallest absolute Gasteiger partial charge is 0.320 e. The molecular formula is C36H46N10O5S. The van der Waals surface area contributed by atoms with Gasteiger partial charge in [0.25, 0.3) is 10.1 Å². The van der Waals surface area contributed by atoms with Crippen LogP contribution in [-0.2, 0) is 26.3 Å². The first-order chi connectivity index (χ1) is 24.8. The minimum atomic E-state index is -3.56. The number of aromatic nitrogens is 7. The Balaban J connectivity index is 1.06. The summed E-state index contributed by atoms with van der Waals surface area (Å²) in [5.41, 5.74) is 3.91. The molecule has 0 bridgehead atoms. The highest BCUT2D eigenvalue weighted by molar-refractivity contribution is 7.85. The topological polar surface area (TPSA) is 163 Å². The van der Waals surface area contributed by atoms with Crippen LogP contribution in [0.15, 0.2) is 61.1 Å². The van der Waals surface area contributed by atoms with Crippen LogP contribution in [-0.4, -0.2) is 74.1 Å². The second kappa shape index (κ2) is 14.2. The lowest BCUT2D eigenvalue weighted by Crippen LogP contribution is -2.38. The van der Waals surface area contributed by atoms with Crippen molar-refractivity contribution in [2.75, 3.05) is 29.6 Å². The molecule has 2 amide bonds. The van der Waals surface area contributed by atoms with E-state index in [1.54, 1.807) is 21.8 Å². The van der Waals surface area contributed by atoms with Gasteiger partial charge >= 0.3 is 6.03 Å². The van der Waals surface area contributed by atoms with E-state index >= 15 is 0 Å². The molecule has 1 aliphatic carbocycles. The van der Waals surface area contributed by atoms with Crippen LogP contribution in [0.25, 0.3) is 11.3 Å². The van der Waals surface area contributed by atoms with E-state index in [0.717, 1.165) is 59.8 Å². The second-order valence-corrected chi connectivity index (χ2v) is 16.3. The number of rotatable bonds is 10. The fraction of sp³-hybridized carbons (Fsp3) is 0.472. The third kappa shape index (κ3) is 7.77. The van der Waals surface area contributed by atoms with Crippen molar-refractivity contribution >= 4 is 33.6 Å². The summed E-state index contributed by atoms with van der Waals surface area (Å²) in [7, 11) is -3.56. The quantitative estimate of drug-likeness (QED) is 0.175. The van der Waals surface area contributed by atoms with Crippen LogP contribution < -0.4 is 20.3 Å². The highest BCUT2D eigenvalue weighted by Gasteiger charge is 2.31. The molecular weight excluding hydrogens is 685 g/mol. The zero-order valence-corrected chi connectivity index (χ0v) is 31.0. The van der Waals surface area contributed by atoms with Crippen molar-refractivity contribution in [3.8, 4) is 11.4 Å². The first-order valence-corrected chi connectivity index (χ1v) is 19.6. The van der Waals surface area contributed by atoms with Crippen molar-refractivity contribution in [2.45, 2.75) is 89.9 Å². The maximum atomic E-state index is 13.6. The summed E-state index contributed by atoms with van der Waals surface area (Å²) in [6, 6.07) is 13.6. The Labute approximate surface area is 303 Å². The molecule has 1 saturated heterocycles. The number of carbonyl (C=O) groups is 1. The molecule has 4 aromatic heterocycles. The normalized spacial score (nSPS) is 19.4. The number of amides is 2. The molecule has 52 heavy (non-hydrogen) atoms. The molecule has 0 saturated carbocycles. The molecule has 1 fully saturated rings. The average Bonchev–Trinajstić information content (AvgIpc) is 3.84. The highest BCUT2D eigenvalue weighted by atomic mass is 32.2. The second-order valence-electron chi connectivity index (χ2n) is 14.7. The van der Waals surface area contributed by atoms with Gasteiger partial charge in [-0.25, -0.2) is 9.48 Å². The van der Waals surface area contributed by atoms with E-state index in [1.807, 2.05) is 67.8 Å². The Morgan fingerprint density at radius 3 is 2.60 bits per heavy atom. The van der Waals surface area contributed by atoms with E-state index in [0.29, 0.717) is 30.4 Å². The Morgan fingerprint density at radius 2 is 1.83 bits per heavy atom. The van der Waals surface area contributed by atoms with Crippen LogP contribution in [0, 0.1) is 0 Å². The molecule has 2 N–H and O–H groups in total. The maximum absolute atomic E-state index is 13.6. The number of hydrogen-bond acceptors (Lipinski definition) is 10. The average molecular weight is 731 g/mol. The van der Waals surface area contributed by atoms with E-state index in [-0.39, 0.29) is 36.7 Å². The number of hydrogen-bond donors (Lipinski definition) is 2. The van der Waals surface area contributed by atoms with Gasteiger partial charge in [-0.2, -0.15) is 18.6 Å². The minimum absolute atomic E-state index is 0.0507. The van der Waals surface area contributed by atoms with E-state index in [9.17, 15) is 13.2 Å². The Bertz CT molecular complexity index is 2170. The molecule has 3 unspecified atom stereocenters. The van der Waals surface area contributed by atoms with Crippen LogP contribution in [0.4, 0.5) is 16.6 Å². The summed E-state index contributed by atoms with van der Waals surface area (Å²) in [5.74, 6) is 2.05. The number of nitrogens with one attached hydrogen (secondary N) is 2. The zero-order chi connectivity index (χ0) is 36.6. The first kappa shape index (κ1) is 35.4. The molecule has 276 valence electrons. The van der Waals surface area contributed by atoms with Gasteiger partial charge in [0.1, 0.15) is 23.4 Å². The van der Waals surface area contributed by atoms with Crippen molar-refractivity contribution < 1.29 is 22.1 Å². The van der Waals surface area contributed by atoms with Crippen molar-refractivity contribution in [3.05, 3.63) is 77.9 Å². The molecule has 5 aromatic rings. The summed E-state index contributed by atoms with van der Waals surface area (Å²) < 4.78 is 39.4. The van der Waals surface area contributed by atoms with Gasteiger partial charge in [-0.05, 0) is 62.3 Å². The summed E-state index contributed by atoms with van der Waals surface area (Å²) in [6.45, 7) is 9.51. The first-order valence-electron chi connectivity index (χ1n) is 17.7. The number of nitrogens with zero attached hydrogens (tertiary/aromatic N) is 8. The van der Waals surface area contributed by atoms with Crippen molar-refractivity contribution in [1.82, 2.24) is 39.5 Å². The Morgan fingerprint density at radius 1 is 1.02 bits per heavy atom. The van der Waals surface area contributed by atoms with Gasteiger partial charge in [-0.15, -0.1) is 10.2 Å². The maximum Gasteiger partial charge on any atom is 0.320 e. The van der Waals surface area contributed by atoms with E-state index in [4.69, 9.17) is 14.0 Å². The standard InChI is InChI=1S/C36H46N10O5S/c1-24-10-8-9-17-44(24)35-41-40-32-16-13-26(23-45(32)35)51-30-15-14-29(27-11-6-7-12-28(27)30)38-34(47)39-33-20-31(36(2,3)4)42-46(33)25-21-37-43(22-25)18-19-50-52(5,48)49/h6-7,11-13,16,20-24,29-30H,8-10,14-15,17-19H2,1-5H3,(H2,38,39,47). The van der Waals surface area contributed by atoms with Crippen molar-refractivity contribution in [3.63, 3.8) is 0 Å². The molecule has 2 aliphatic rings. The number of piperidine rings is 1. The van der Waals surface area contributed by atoms with E-state index in [2.05, 4.69) is 43.8 Å². The largest absolute Gasteiger partial charge is 0.484 e. The van der Waals surface area contributed by atoms with Gasteiger partial charge in [-0.3, -0.25) is 18.6 Å². The number of pyridine rings is 1. The zero-order valence-electron chi connectivity index (χ0n) is 30.2. The SMILES string of the molecule is CC1CCCCN1c1nnc2ccc(OC3CCC(NC(=O)Nc4cc(C(C)(C)C)nn4-c4cnn(CCOS(C)(=O)=O)c4)c4ccccc43)cn12. The molecule has 0 spiro atoms. The van der Waals surface area contributed by atoms with Gasteiger partial charge in [0.2, 0.25) is 5.95 Å². The number of urea groups is 1. The molecule has 0 radical (unpaired) electrons. The van der Waals surface area contributed by atoms with Gasteiger partial charge in [0.15, 0.2) is 5.65 Å². The Hall–Kier alpha value is -4.96. The fourth-order valence-corrected chi connectivity index (χ4v) is 7.29. The third-order valence-corrected chi connectivity index (χ3v) is 10.2. The van der Waals surface area contributed by atoms with E-state index in [1.165, 1.54) is 6.42 Å². The molecule has 1 aromatic carbocycles.